The minimum atomic E-state index is -0.473. The van der Waals surface area contributed by atoms with Crippen LogP contribution in [0.3, 0.4) is 0 Å². The van der Waals surface area contributed by atoms with Gasteiger partial charge in [0, 0.05) is 6.08 Å². The van der Waals surface area contributed by atoms with Crippen LogP contribution in [-0.4, -0.2) is 24.6 Å². The molecular weight excluding hydrogens is 208 g/mol. The zero-order valence-electron chi connectivity index (χ0n) is 10.2. The lowest BCUT2D eigenvalue weighted by molar-refractivity contribution is -0.150. The molecule has 1 aliphatic rings. The summed E-state index contributed by atoms with van der Waals surface area (Å²) in [7, 11) is 1.37. The summed E-state index contributed by atoms with van der Waals surface area (Å²) in [5.41, 5.74) is 0.476. The van der Waals surface area contributed by atoms with Crippen molar-refractivity contribution < 1.29 is 19.1 Å². The maximum atomic E-state index is 11.4. The smallest absolute Gasteiger partial charge is 0.331 e. The second-order valence-corrected chi connectivity index (χ2v) is 4.96. The molecule has 16 heavy (non-hydrogen) atoms. The molecular formula is C12H18O4. The van der Waals surface area contributed by atoms with Gasteiger partial charge in [-0.25, -0.2) is 4.79 Å². The molecule has 0 atom stereocenters. The van der Waals surface area contributed by atoms with Crippen molar-refractivity contribution in [3.63, 3.8) is 0 Å². The van der Waals surface area contributed by atoms with Crippen LogP contribution in [0.4, 0.5) is 0 Å². The summed E-state index contributed by atoms with van der Waals surface area (Å²) in [5, 5.41) is 0. The van der Waals surface area contributed by atoms with Crippen LogP contribution in [0.5, 0.6) is 0 Å². The van der Waals surface area contributed by atoms with Gasteiger partial charge < -0.3 is 9.47 Å². The molecule has 1 rings (SSSR count). The van der Waals surface area contributed by atoms with Gasteiger partial charge in [-0.15, -0.1) is 0 Å². The first-order chi connectivity index (χ1) is 7.31. The number of rotatable bonds is 2. The highest BCUT2D eigenvalue weighted by molar-refractivity contribution is 5.84. The quantitative estimate of drug-likeness (QED) is 0.532. The first kappa shape index (κ1) is 12.7. The number of carbonyl (C=O) groups excluding carboxylic acids is 2. The van der Waals surface area contributed by atoms with E-state index >= 15 is 0 Å². The van der Waals surface area contributed by atoms with Crippen molar-refractivity contribution in [3.05, 3.63) is 11.6 Å². The Morgan fingerprint density at radius 2 is 1.88 bits per heavy atom. The molecule has 0 unspecified atom stereocenters. The fourth-order valence-corrected chi connectivity index (χ4v) is 1.52. The lowest BCUT2D eigenvalue weighted by Gasteiger charge is -2.27. The molecule has 0 aliphatic heterocycles. The lowest BCUT2D eigenvalue weighted by Crippen LogP contribution is -2.27. The van der Waals surface area contributed by atoms with Gasteiger partial charge in [-0.3, -0.25) is 4.79 Å². The van der Waals surface area contributed by atoms with E-state index in [-0.39, 0.29) is 17.9 Å². The second-order valence-electron chi connectivity index (χ2n) is 4.96. The second kappa shape index (κ2) is 4.68. The Hall–Kier alpha value is -1.32. The van der Waals surface area contributed by atoms with Crippen LogP contribution in [0.1, 0.15) is 33.6 Å². The number of ether oxygens (including phenoxy) is 2. The number of esters is 2. The molecule has 90 valence electrons. The third kappa shape index (κ3) is 3.68. The van der Waals surface area contributed by atoms with E-state index in [4.69, 9.17) is 4.74 Å². The van der Waals surface area contributed by atoms with Gasteiger partial charge in [0.1, 0.15) is 5.60 Å². The molecule has 0 amide bonds. The molecule has 4 heteroatoms. The van der Waals surface area contributed by atoms with Crippen molar-refractivity contribution in [1.82, 2.24) is 0 Å². The summed E-state index contributed by atoms with van der Waals surface area (Å²) in [6.45, 7) is 5.46. The predicted octanol–water partition coefficient (Wildman–Crippen LogP) is 1.84. The average molecular weight is 226 g/mol. The van der Waals surface area contributed by atoms with Gasteiger partial charge >= 0.3 is 11.9 Å². The van der Waals surface area contributed by atoms with Gasteiger partial charge in [0.05, 0.1) is 13.0 Å². The maximum absolute atomic E-state index is 11.4. The average Bonchev–Trinajstić information content (AvgIpc) is 2.06. The van der Waals surface area contributed by atoms with Crippen LogP contribution in [-0.2, 0) is 19.1 Å². The molecule has 0 heterocycles. The third-order valence-electron chi connectivity index (χ3n) is 2.28. The highest BCUT2D eigenvalue weighted by Gasteiger charge is 2.31. The topological polar surface area (TPSA) is 52.6 Å². The Balaban J connectivity index is 2.40. The fraction of sp³-hybridized carbons (Fsp3) is 0.667. The SMILES string of the molecule is COC(=O)C1CC(=CC(=O)OC(C)(C)C)C1. The molecule has 0 aromatic heterocycles. The largest absolute Gasteiger partial charge is 0.469 e. The van der Waals surface area contributed by atoms with Crippen molar-refractivity contribution in [3.8, 4) is 0 Å². The molecule has 0 aromatic carbocycles. The van der Waals surface area contributed by atoms with Crippen LogP contribution in [0.15, 0.2) is 11.6 Å². The minimum Gasteiger partial charge on any atom is -0.469 e. The van der Waals surface area contributed by atoms with E-state index in [0.717, 1.165) is 5.57 Å². The van der Waals surface area contributed by atoms with Crippen molar-refractivity contribution in [2.45, 2.75) is 39.2 Å². The molecule has 1 saturated carbocycles. The Kier molecular flexibility index (Phi) is 3.73. The maximum Gasteiger partial charge on any atom is 0.331 e. The summed E-state index contributed by atoms with van der Waals surface area (Å²) >= 11 is 0. The molecule has 0 N–H and O–H groups in total. The summed E-state index contributed by atoms with van der Waals surface area (Å²) in [4.78, 5) is 22.5. The first-order valence-electron chi connectivity index (χ1n) is 5.32. The highest BCUT2D eigenvalue weighted by Crippen LogP contribution is 2.33. The summed E-state index contributed by atoms with van der Waals surface area (Å²) < 4.78 is 9.74. The van der Waals surface area contributed by atoms with E-state index in [0.29, 0.717) is 12.8 Å². The van der Waals surface area contributed by atoms with Gasteiger partial charge in [0.2, 0.25) is 0 Å². The Morgan fingerprint density at radius 3 is 2.31 bits per heavy atom. The van der Waals surface area contributed by atoms with Crippen molar-refractivity contribution in [2.75, 3.05) is 7.11 Å². The number of hydrogen-bond donors (Lipinski definition) is 0. The Morgan fingerprint density at radius 1 is 1.31 bits per heavy atom. The molecule has 0 saturated heterocycles. The van der Waals surface area contributed by atoms with E-state index in [9.17, 15) is 9.59 Å². The molecule has 1 aliphatic carbocycles. The van der Waals surface area contributed by atoms with Crippen molar-refractivity contribution in [2.24, 2.45) is 5.92 Å². The molecule has 1 fully saturated rings. The van der Waals surface area contributed by atoms with Gasteiger partial charge in [-0.2, -0.15) is 0 Å². The zero-order valence-corrected chi connectivity index (χ0v) is 10.2. The zero-order chi connectivity index (χ0) is 12.3. The minimum absolute atomic E-state index is 0.0845. The molecule has 4 nitrogen and oxygen atoms in total. The fourth-order valence-electron chi connectivity index (χ4n) is 1.52. The molecule has 0 spiro atoms. The molecule has 0 aromatic rings. The predicted molar refractivity (Wildman–Crippen MR) is 58.7 cm³/mol. The van der Waals surface area contributed by atoms with Gasteiger partial charge in [-0.05, 0) is 33.6 Å². The van der Waals surface area contributed by atoms with E-state index in [1.807, 2.05) is 20.8 Å². The van der Waals surface area contributed by atoms with Crippen LogP contribution in [0.2, 0.25) is 0 Å². The number of carbonyl (C=O) groups is 2. The van der Waals surface area contributed by atoms with Gasteiger partial charge in [-0.1, -0.05) is 5.57 Å². The van der Waals surface area contributed by atoms with Crippen molar-refractivity contribution in [1.29, 1.82) is 0 Å². The van der Waals surface area contributed by atoms with Gasteiger partial charge in [0.25, 0.3) is 0 Å². The summed E-state index contributed by atoms with van der Waals surface area (Å²) in [5.74, 6) is -0.633. The van der Waals surface area contributed by atoms with Crippen molar-refractivity contribution >= 4 is 11.9 Å². The van der Waals surface area contributed by atoms with Crippen LogP contribution in [0, 0.1) is 5.92 Å². The van der Waals surface area contributed by atoms with E-state index in [1.165, 1.54) is 13.2 Å². The van der Waals surface area contributed by atoms with E-state index in [2.05, 4.69) is 4.74 Å². The lowest BCUT2D eigenvalue weighted by atomic mass is 9.80. The van der Waals surface area contributed by atoms with Crippen LogP contribution < -0.4 is 0 Å². The standard InChI is InChI=1S/C12H18O4/c1-12(2,3)16-10(13)7-8-5-9(6-8)11(14)15-4/h7,9H,5-6H2,1-4H3. The number of methoxy groups -OCH3 is 1. The first-order valence-corrected chi connectivity index (χ1v) is 5.32. The van der Waals surface area contributed by atoms with Gasteiger partial charge in [0.15, 0.2) is 0 Å². The third-order valence-corrected chi connectivity index (χ3v) is 2.28. The Labute approximate surface area is 95.6 Å². The number of allylic oxidation sites excluding steroid dienone is 1. The normalized spacial score (nSPS) is 19.8. The highest BCUT2D eigenvalue weighted by atomic mass is 16.6. The van der Waals surface area contributed by atoms with E-state index < -0.39 is 5.60 Å². The summed E-state index contributed by atoms with van der Waals surface area (Å²) in [6.07, 6.45) is 2.68. The monoisotopic (exact) mass is 226 g/mol. The Bertz CT molecular complexity index is 314. The number of hydrogen-bond acceptors (Lipinski definition) is 4. The van der Waals surface area contributed by atoms with Crippen LogP contribution in [0.25, 0.3) is 0 Å². The van der Waals surface area contributed by atoms with Crippen LogP contribution >= 0.6 is 0 Å². The summed E-state index contributed by atoms with van der Waals surface area (Å²) in [6, 6.07) is 0. The van der Waals surface area contributed by atoms with E-state index in [1.54, 1.807) is 0 Å². The molecule has 0 radical (unpaired) electrons. The molecule has 0 bridgehead atoms.